The highest BCUT2D eigenvalue weighted by Gasteiger charge is 2.29. The zero-order chi connectivity index (χ0) is 40.7. The molecule has 1 aliphatic carbocycles. The van der Waals surface area contributed by atoms with Crippen LogP contribution in [0.4, 0.5) is 11.4 Å². The van der Waals surface area contributed by atoms with Crippen LogP contribution in [0.2, 0.25) is 0 Å². The van der Waals surface area contributed by atoms with E-state index >= 15 is 0 Å². The Morgan fingerprint density at radius 1 is 0.786 bits per heavy atom. The molecule has 0 amide bonds. The molecule has 0 N–H and O–H groups in total. The van der Waals surface area contributed by atoms with E-state index in [-0.39, 0.29) is 0 Å². The van der Waals surface area contributed by atoms with Crippen molar-refractivity contribution in [2.24, 2.45) is 0 Å². The van der Waals surface area contributed by atoms with E-state index in [1.807, 2.05) is 18.2 Å². The van der Waals surface area contributed by atoms with Gasteiger partial charge in [0.1, 0.15) is 0 Å². The topological polar surface area (TPSA) is 3.24 Å². The maximum Gasteiger partial charge on any atom is 0.0555 e. The van der Waals surface area contributed by atoms with E-state index in [1.54, 1.807) is 0 Å². The molecule has 56 heavy (non-hydrogen) atoms. The normalized spacial score (nSPS) is 15.4. The average Bonchev–Trinajstić information content (AvgIpc) is 3.21. The third kappa shape index (κ3) is 13.0. The van der Waals surface area contributed by atoms with Crippen molar-refractivity contribution in [1.29, 1.82) is 0 Å². The van der Waals surface area contributed by atoms with E-state index in [2.05, 4.69) is 219 Å². The molecule has 2 aliphatic rings. The van der Waals surface area contributed by atoms with Crippen molar-refractivity contribution < 1.29 is 0 Å². The van der Waals surface area contributed by atoms with Crippen LogP contribution in [-0.2, 0) is 0 Å². The Kier molecular flexibility index (Phi) is 19.7. The first-order valence-corrected chi connectivity index (χ1v) is 20.4. The number of para-hydroxylation sites is 2. The molecule has 290 valence electrons. The van der Waals surface area contributed by atoms with Crippen LogP contribution in [0.25, 0.3) is 16.8 Å². The van der Waals surface area contributed by atoms with Crippen LogP contribution in [0.15, 0.2) is 199 Å². The van der Waals surface area contributed by atoms with Crippen molar-refractivity contribution in [2.45, 2.75) is 87.5 Å². The molecule has 1 aliphatic heterocycles. The number of anilines is 2. The second-order valence-electron chi connectivity index (χ2n) is 14.1. The second-order valence-corrected chi connectivity index (χ2v) is 14.1. The Morgan fingerprint density at radius 2 is 1.46 bits per heavy atom. The van der Waals surface area contributed by atoms with Crippen LogP contribution in [0.1, 0.15) is 103 Å². The molecule has 0 spiro atoms. The molecule has 3 aromatic rings. The van der Waals surface area contributed by atoms with Gasteiger partial charge in [0.15, 0.2) is 0 Å². The van der Waals surface area contributed by atoms with Crippen LogP contribution < -0.4 is 4.90 Å². The number of benzene rings is 3. The molecule has 0 saturated heterocycles. The van der Waals surface area contributed by atoms with Gasteiger partial charge in [-0.05, 0) is 123 Å². The molecule has 3 aromatic carbocycles. The summed E-state index contributed by atoms with van der Waals surface area (Å²) in [7, 11) is 0. The Hall–Kier alpha value is -5.66. The molecular formula is C55H65N. The third-order valence-electron chi connectivity index (χ3n) is 9.52. The van der Waals surface area contributed by atoms with Crippen LogP contribution >= 0.6 is 0 Å². The predicted octanol–water partition coefficient (Wildman–Crippen LogP) is 16.8. The SMILES string of the molecule is C1=CCCC=C1.C=C\C=C/C=C(\C=C(C)\C(=C/C=C\C)c1ccc(/C(C=C)=C/C=C2/c3ccccc3N2c2ccccc2)cc1C)C(/C)=C(/C)CCC.CCC. The maximum atomic E-state index is 4.18. The van der Waals surface area contributed by atoms with Gasteiger partial charge < -0.3 is 4.90 Å². The largest absolute Gasteiger partial charge is 0.309 e. The van der Waals surface area contributed by atoms with Gasteiger partial charge in [-0.1, -0.05) is 192 Å². The lowest BCUT2D eigenvalue weighted by atomic mass is 9.89. The van der Waals surface area contributed by atoms with Gasteiger partial charge in [0.25, 0.3) is 0 Å². The molecule has 1 heteroatoms. The number of hydrogen-bond donors (Lipinski definition) is 0. The van der Waals surface area contributed by atoms with E-state index in [9.17, 15) is 0 Å². The monoisotopic (exact) mass is 740 g/mol. The summed E-state index contributed by atoms with van der Waals surface area (Å²) in [6.45, 7) is 25.5. The van der Waals surface area contributed by atoms with E-state index in [1.165, 1.54) is 75.2 Å². The standard InChI is InChI=1S/C46H49N.C6H8.C3H8/c1-9-13-16-22-39(37(8)34(5)21-11-3)32-35(6)42(25-14-10-2)43-30-28-40(33-36(43)7)38(12-4)29-31-46-44-26-19-20-27-45(44)47(46)41-23-17-15-18-24-41;1-2-4-6-5-3-1;1-3-2/h9-10,12-20,22-33H,1,4,11,21H2,2-3,5-8H3;1-4H,5-6H2;3H2,1-2H3/b14-10-,16-13-,35-32+,37-34-,38-29+,39-22+,42-25+,46-31-;;. The van der Waals surface area contributed by atoms with Gasteiger partial charge in [0, 0.05) is 11.3 Å². The van der Waals surface area contributed by atoms with Crippen molar-refractivity contribution >= 4 is 28.2 Å². The summed E-state index contributed by atoms with van der Waals surface area (Å²) in [4.78, 5) is 2.31. The van der Waals surface area contributed by atoms with Crippen molar-refractivity contribution in [2.75, 3.05) is 4.90 Å². The van der Waals surface area contributed by atoms with Crippen molar-refractivity contribution in [3.05, 3.63) is 222 Å². The highest BCUT2D eigenvalue weighted by atomic mass is 15.2. The molecule has 1 heterocycles. The number of nitrogens with zero attached hydrogens (tertiary/aromatic N) is 1. The number of allylic oxidation sites excluding steroid dienone is 21. The Labute approximate surface area is 341 Å². The summed E-state index contributed by atoms with van der Waals surface area (Å²) >= 11 is 0. The first-order valence-electron chi connectivity index (χ1n) is 20.4. The summed E-state index contributed by atoms with van der Waals surface area (Å²) < 4.78 is 0. The van der Waals surface area contributed by atoms with Crippen molar-refractivity contribution in [1.82, 2.24) is 0 Å². The highest BCUT2D eigenvalue weighted by Crippen LogP contribution is 2.47. The van der Waals surface area contributed by atoms with E-state index in [0.29, 0.717) is 0 Å². The fraction of sp³-hybridized carbons (Fsp3) is 0.236. The molecule has 0 fully saturated rings. The molecule has 0 unspecified atom stereocenters. The summed E-state index contributed by atoms with van der Waals surface area (Å²) in [6.07, 6.45) is 37.6. The molecular weight excluding hydrogens is 675 g/mol. The molecule has 0 atom stereocenters. The average molecular weight is 740 g/mol. The number of rotatable bonds is 13. The number of aryl methyl sites for hydroxylation is 1. The lowest BCUT2D eigenvalue weighted by Gasteiger charge is -2.38. The lowest BCUT2D eigenvalue weighted by molar-refractivity contribution is 0.893. The Morgan fingerprint density at radius 3 is 2.05 bits per heavy atom. The van der Waals surface area contributed by atoms with Gasteiger partial charge >= 0.3 is 0 Å². The first-order chi connectivity index (χ1) is 27.3. The lowest BCUT2D eigenvalue weighted by Crippen LogP contribution is -2.25. The molecule has 5 rings (SSSR count). The van der Waals surface area contributed by atoms with E-state index < -0.39 is 0 Å². The van der Waals surface area contributed by atoms with Gasteiger partial charge in [-0.2, -0.15) is 0 Å². The molecule has 0 aromatic heterocycles. The maximum absolute atomic E-state index is 4.18. The van der Waals surface area contributed by atoms with Crippen molar-refractivity contribution in [3.8, 4) is 0 Å². The van der Waals surface area contributed by atoms with Crippen molar-refractivity contribution in [3.63, 3.8) is 0 Å². The van der Waals surface area contributed by atoms with Gasteiger partial charge in [0.2, 0.25) is 0 Å². The van der Waals surface area contributed by atoms with Gasteiger partial charge in [0.05, 0.1) is 11.4 Å². The second kappa shape index (κ2) is 24.7. The molecule has 0 bridgehead atoms. The zero-order valence-corrected chi connectivity index (χ0v) is 35.5. The van der Waals surface area contributed by atoms with Gasteiger partial charge in [-0.25, -0.2) is 0 Å². The summed E-state index contributed by atoms with van der Waals surface area (Å²) in [5, 5.41) is 0. The fourth-order valence-electron chi connectivity index (χ4n) is 6.51. The number of hydrogen-bond acceptors (Lipinski definition) is 1. The van der Waals surface area contributed by atoms with Crippen LogP contribution in [0.5, 0.6) is 0 Å². The summed E-state index contributed by atoms with van der Waals surface area (Å²) in [5.74, 6) is 0. The quantitative estimate of drug-likeness (QED) is 0.158. The Balaban J connectivity index is 0.000000828. The predicted molar refractivity (Wildman–Crippen MR) is 253 cm³/mol. The molecule has 0 saturated carbocycles. The first kappa shape index (κ1) is 44.7. The van der Waals surface area contributed by atoms with E-state index in [0.717, 1.165) is 29.7 Å². The summed E-state index contributed by atoms with van der Waals surface area (Å²) in [6, 6.07) is 25.8. The van der Waals surface area contributed by atoms with Crippen LogP contribution in [0.3, 0.4) is 0 Å². The minimum absolute atomic E-state index is 1.09. The van der Waals surface area contributed by atoms with Gasteiger partial charge in [-0.15, -0.1) is 0 Å². The van der Waals surface area contributed by atoms with Crippen LogP contribution in [0, 0.1) is 6.92 Å². The number of fused-ring (bicyclic) bond motifs is 1. The summed E-state index contributed by atoms with van der Waals surface area (Å²) in [5.41, 5.74) is 15.9. The fourth-order valence-corrected chi connectivity index (χ4v) is 6.51. The third-order valence-corrected chi connectivity index (χ3v) is 9.52. The Bertz CT molecular complexity index is 2050. The smallest absolute Gasteiger partial charge is 0.0555 e. The molecule has 0 radical (unpaired) electrons. The highest BCUT2D eigenvalue weighted by molar-refractivity contribution is 6.03. The zero-order valence-electron chi connectivity index (χ0n) is 35.5. The van der Waals surface area contributed by atoms with Gasteiger partial charge in [-0.3, -0.25) is 0 Å². The minimum Gasteiger partial charge on any atom is -0.309 e. The van der Waals surface area contributed by atoms with Crippen LogP contribution in [-0.4, -0.2) is 0 Å². The van der Waals surface area contributed by atoms with E-state index in [4.69, 9.17) is 0 Å². The molecule has 1 nitrogen and oxygen atoms in total. The minimum atomic E-state index is 1.09.